The van der Waals surface area contributed by atoms with Crippen molar-refractivity contribution in [3.05, 3.63) is 41.2 Å². The van der Waals surface area contributed by atoms with E-state index < -0.39 is 0 Å². The normalized spacial score (nSPS) is 14.0. The third-order valence-electron chi connectivity index (χ3n) is 3.86. The van der Waals surface area contributed by atoms with Crippen LogP contribution in [0.15, 0.2) is 24.3 Å². The summed E-state index contributed by atoms with van der Waals surface area (Å²) in [4.78, 5) is 0. The Balaban J connectivity index is 2.13. The van der Waals surface area contributed by atoms with Gasteiger partial charge < -0.3 is 5.32 Å². The molecule has 0 spiro atoms. The summed E-state index contributed by atoms with van der Waals surface area (Å²) in [6.07, 6.45) is 4.35. The van der Waals surface area contributed by atoms with Gasteiger partial charge in [-0.3, -0.25) is 0 Å². The van der Waals surface area contributed by atoms with E-state index in [2.05, 4.69) is 48.1 Å². The lowest BCUT2D eigenvalue weighted by atomic mass is 10.0. The second-order valence-corrected chi connectivity index (χ2v) is 5.08. The van der Waals surface area contributed by atoms with Crippen molar-refractivity contribution in [3.8, 4) is 5.69 Å². The van der Waals surface area contributed by atoms with E-state index in [0.29, 0.717) is 0 Å². The van der Waals surface area contributed by atoms with E-state index in [1.54, 1.807) is 0 Å². The van der Waals surface area contributed by atoms with Crippen LogP contribution in [-0.2, 0) is 19.3 Å². The molecule has 0 radical (unpaired) electrons. The quantitative estimate of drug-likeness (QED) is 0.911. The zero-order valence-electron chi connectivity index (χ0n) is 11.7. The Morgan fingerprint density at radius 1 is 1.26 bits per heavy atom. The molecule has 0 amide bonds. The molecule has 2 heterocycles. The summed E-state index contributed by atoms with van der Waals surface area (Å²) in [5, 5.41) is 8.26. The summed E-state index contributed by atoms with van der Waals surface area (Å²) >= 11 is 0. The summed E-state index contributed by atoms with van der Waals surface area (Å²) in [5.74, 6) is 0. The van der Waals surface area contributed by atoms with Crippen LogP contribution in [0.5, 0.6) is 0 Å². The minimum Gasteiger partial charge on any atom is -0.385 e. The van der Waals surface area contributed by atoms with Gasteiger partial charge in [0.2, 0.25) is 0 Å². The van der Waals surface area contributed by atoms with Gasteiger partial charge in [-0.2, -0.15) is 5.10 Å². The highest BCUT2D eigenvalue weighted by molar-refractivity contribution is 5.61. The van der Waals surface area contributed by atoms with Crippen molar-refractivity contribution in [1.29, 1.82) is 0 Å². The molecule has 3 heteroatoms. The van der Waals surface area contributed by atoms with Gasteiger partial charge in [-0.05, 0) is 43.9 Å². The lowest BCUT2D eigenvalue weighted by Crippen LogP contribution is -2.15. The van der Waals surface area contributed by atoms with Gasteiger partial charge in [0.25, 0.3) is 0 Å². The van der Waals surface area contributed by atoms with Gasteiger partial charge in [-0.25, -0.2) is 4.68 Å². The molecule has 1 aromatic carbocycles. The van der Waals surface area contributed by atoms with Crippen molar-refractivity contribution in [3.63, 3.8) is 0 Å². The number of rotatable bonds is 3. The maximum Gasteiger partial charge on any atom is 0.0701 e. The van der Waals surface area contributed by atoms with Crippen molar-refractivity contribution in [2.24, 2.45) is 0 Å². The Morgan fingerprint density at radius 2 is 2.16 bits per heavy atom. The first-order valence-corrected chi connectivity index (χ1v) is 7.27. The number of nitrogens with one attached hydrogen (secondary N) is 1. The molecule has 0 unspecified atom stereocenters. The molecule has 100 valence electrons. The lowest BCUT2D eigenvalue weighted by Gasteiger charge is -2.21. The molecule has 0 saturated carbocycles. The number of benzene rings is 1. The molecule has 0 aliphatic carbocycles. The van der Waals surface area contributed by atoms with Crippen LogP contribution in [0.4, 0.5) is 5.69 Å². The van der Waals surface area contributed by atoms with E-state index in [4.69, 9.17) is 5.10 Å². The van der Waals surface area contributed by atoms with Gasteiger partial charge in [-0.1, -0.05) is 19.9 Å². The van der Waals surface area contributed by atoms with E-state index in [1.165, 1.54) is 34.7 Å². The van der Waals surface area contributed by atoms with Crippen LogP contribution >= 0.6 is 0 Å². The Labute approximate surface area is 114 Å². The topological polar surface area (TPSA) is 29.9 Å². The average molecular weight is 255 g/mol. The Morgan fingerprint density at radius 3 is 2.95 bits per heavy atom. The first-order chi connectivity index (χ1) is 9.33. The third kappa shape index (κ3) is 2.14. The molecule has 1 aliphatic heterocycles. The van der Waals surface area contributed by atoms with Gasteiger partial charge in [0.1, 0.15) is 0 Å². The summed E-state index contributed by atoms with van der Waals surface area (Å²) in [6, 6.07) is 8.72. The number of hydrogen-bond donors (Lipinski definition) is 1. The molecule has 19 heavy (non-hydrogen) atoms. The van der Waals surface area contributed by atoms with Crippen LogP contribution in [0.1, 0.15) is 37.2 Å². The standard InChI is InChI=1S/C16H21N3/c1-3-12-11-13(4-2)19(18-12)16-9-5-8-15-14(16)7-6-10-17-15/h5,8-9,11,17H,3-4,6-7,10H2,1-2H3. The first kappa shape index (κ1) is 12.3. The van der Waals surface area contributed by atoms with Crippen LogP contribution < -0.4 is 5.32 Å². The minimum atomic E-state index is 0.993. The van der Waals surface area contributed by atoms with E-state index in [0.717, 1.165) is 25.8 Å². The molecule has 3 nitrogen and oxygen atoms in total. The second-order valence-electron chi connectivity index (χ2n) is 5.08. The van der Waals surface area contributed by atoms with Gasteiger partial charge in [-0.15, -0.1) is 0 Å². The zero-order valence-corrected chi connectivity index (χ0v) is 11.7. The Hall–Kier alpha value is -1.77. The molecule has 0 bridgehead atoms. The zero-order chi connectivity index (χ0) is 13.2. The number of nitrogens with zero attached hydrogens (tertiary/aromatic N) is 2. The monoisotopic (exact) mass is 255 g/mol. The van der Waals surface area contributed by atoms with Gasteiger partial charge in [0, 0.05) is 23.5 Å². The molecule has 0 atom stereocenters. The molecule has 2 aromatic rings. The molecular formula is C16H21N3. The molecular weight excluding hydrogens is 234 g/mol. The van der Waals surface area contributed by atoms with E-state index >= 15 is 0 Å². The largest absolute Gasteiger partial charge is 0.385 e. The molecule has 0 fully saturated rings. The van der Waals surface area contributed by atoms with Gasteiger partial charge in [0.15, 0.2) is 0 Å². The number of anilines is 1. The van der Waals surface area contributed by atoms with E-state index in [-0.39, 0.29) is 0 Å². The van der Waals surface area contributed by atoms with Crippen LogP contribution in [0.3, 0.4) is 0 Å². The van der Waals surface area contributed by atoms with Crippen LogP contribution in [0.25, 0.3) is 5.69 Å². The van der Waals surface area contributed by atoms with Gasteiger partial charge in [0.05, 0.1) is 11.4 Å². The van der Waals surface area contributed by atoms with Crippen molar-refractivity contribution in [2.75, 3.05) is 11.9 Å². The van der Waals surface area contributed by atoms with E-state index in [9.17, 15) is 0 Å². The van der Waals surface area contributed by atoms with Crippen molar-refractivity contribution >= 4 is 5.69 Å². The second kappa shape index (κ2) is 5.08. The van der Waals surface area contributed by atoms with Crippen molar-refractivity contribution in [1.82, 2.24) is 9.78 Å². The van der Waals surface area contributed by atoms with Crippen LogP contribution in [-0.4, -0.2) is 16.3 Å². The summed E-state index contributed by atoms with van der Waals surface area (Å²) in [7, 11) is 0. The molecule has 1 aliphatic rings. The lowest BCUT2D eigenvalue weighted by molar-refractivity contribution is 0.761. The highest BCUT2D eigenvalue weighted by atomic mass is 15.3. The molecule has 1 N–H and O–H groups in total. The fourth-order valence-electron chi connectivity index (χ4n) is 2.80. The van der Waals surface area contributed by atoms with E-state index in [1.807, 2.05) is 0 Å². The Kier molecular flexibility index (Phi) is 3.28. The van der Waals surface area contributed by atoms with Crippen LogP contribution in [0, 0.1) is 0 Å². The maximum absolute atomic E-state index is 4.77. The summed E-state index contributed by atoms with van der Waals surface area (Å²) in [6.45, 7) is 5.44. The van der Waals surface area contributed by atoms with Gasteiger partial charge >= 0.3 is 0 Å². The molecule has 1 aromatic heterocycles. The number of hydrogen-bond acceptors (Lipinski definition) is 2. The number of aromatic nitrogens is 2. The fraction of sp³-hybridized carbons (Fsp3) is 0.438. The number of fused-ring (bicyclic) bond motifs is 1. The minimum absolute atomic E-state index is 0.993. The summed E-state index contributed by atoms with van der Waals surface area (Å²) in [5.41, 5.74) is 6.42. The Bertz CT molecular complexity index is 584. The SMILES string of the molecule is CCc1cc(CC)n(-c2cccc3c2CCCN3)n1. The number of aryl methyl sites for hydroxylation is 2. The average Bonchev–Trinajstić information content (AvgIpc) is 2.90. The fourth-order valence-corrected chi connectivity index (χ4v) is 2.80. The molecule has 3 rings (SSSR count). The van der Waals surface area contributed by atoms with Crippen molar-refractivity contribution < 1.29 is 0 Å². The predicted molar refractivity (Wildman–Crippen MR) is 79.1 cm³/mol. The maximum atomic E-state index is 4.77. The van der Waals surface area contributed by atoms with Crippen molar-refractivity contribution in [2.45, 2.75) is 39.5 Å². The highest BCUT2D eigenvalue weighted by Gasteiger charge is 2.16. The van der Waals surface area contributed by atoms with Crippen LogP contribution in [0.2, 0.25) is 0 Å². The third-order valence-corrected chi connectivity index (χ3v) is 3.86. The highest BCUT2D eigenvalue weighted by Crippen LogP contribution is 2.28. The summed E-state index contributed by atoms with van der Waals surface area (Å²) < 4.78 is 2.14. The first-order valence-electron chi connectivity index (χ1n) is 7.27. The predicted octanol–water partition coefficient (Wildman–Crippen LogP) is 3.36. The smallest absolute Gasteiger partial charge is 0.0701 e. The molecule has 0 saturated heterocycles.